The third kappa shape index (κ3) is 4.84. The summed E-state index contributed by atoms with van der Waals surface area (Å²) in [5.41, 5.74) is 2.81. The van der Waals surface area contributed by atoms with Crippen molar-refractivity contribution in [3.63, 3.8) is 0 Å². The fourth-order valence-electron chi connectivity index (χ4n) is 2.52. The monoisotopic (exact) mass is 377 g/mol. The largest absolute Gasteiger partial charge is 0.352 e. The van der Waals surface area contributed by atoms with E-state index < -0.39 is 5.91 Å². The van der Waals surface area contributed by atoms with Crippen molar-refractivity contribution in [1.29, 1.82) is 5.26 Å². The molecule has 0 unspecified atom stereocenters. The Morgan fingerprint density at radius 3 is 2.63 bits per heavy atom. The van der Waals surface area contributed by atoms with Crippen LogP contribution in [0.3, 0.4) is 0 Å². The minimum absolute atomic E-state index is 0.200. The van der Waals surface area contributed by atoms with Gasteiger partial charge in [0.05, 0.1) is 16.5 Å². The number of benzene rings is 2. The van der Waals surface area contributed by atoms with Crippen molar-refractivity contribution in [3.05, 3.63) is 75.7 Å². The summed E-state index contributed by atoms with van der Waals surface area (Å²) in [7, 11) is 0. The summed E-state index contributed by atoms with van der Waals surface area (Å²) in [4.78, 5) is 35.2. The molecule has 6 nitrogen and oxygen atoms in total. The van der Waals surface area contributed by atoms with E-state index in [0.717, 1.165) is 22.9 Å². The van der Waals surface area contributed by atoms with Crippen LogP contribution >= 0.6 is 11.8 Å². The van der Waals surface area contributed by atoms with E-state index in [0.29, 0.717) is 29.0 Å². The van der Waals surface area contributed by atoms with Gasteiger partial charge in [-0.3, -0.25) is 19.7 Å². The van der Waals surface area contributed by atoms with Crippen LogP contribution in [-0.4, -0.2) is 23.6 Å². The highest BCUT2D eigenvalue weighted by molar-refractivity contribution is 8.18. The average Bonchev–Trinajstić information content (AvgIpc) is 2.99. The van der Waals surface area contributed by atoms with Crippen molar-refractivity contribution in [1.82, 2.24) is 10.6 Å². The summed E-state index contributed by atoms with van der Waals surface area (Å²) in [6.45, 7) is 0.457. The first-order chi connectivity index (χ1) is 13.0. The molecule has 3 rings (SSSR count). The van der Waals surface area contributed by atoms with Crippen molar-refractivity contribution in [2.24, 2.45) is 0 Å². The summed E-state index contributed by atoms with van der Waals surface area (Å²) in [5, 5.41) is 13.5. The van der Waals surface area contributed by atoms with Gasteiger partial charge in [-0.2, -0.15) is 5.26 Å². The number of nitrogens with zero attached hydrogens (tertiary/aromatic N) is 1. The fraction of sp³-hybridized carbons (Fsp3) is 0.100. The second-order valence-corrected chi connectivity index (χ2v) is 6.81. The number of hydrogen-bond acceptors (Lipinski definition) is 5. The van der Waals surface area contributed by atoms with Crippen LogP contribution in [0.1, 0.15) is 27.0 Å². The molecule has 2 aromatic carbocycles. The highest BCUT2D eigenvalue weighted by atomic mass is 32.2. The molecule has 27 heavy (non-hydrogen) atoms. The maximum absolute atomic E-state index is 12.2. The number of nitriles is 1. The van der Waals surface area contributed by atoms with E-state index in [1.165, 1.54) is 0 Å². The first-order valence-electron chi connectivity index (χ1n) is 8.17. The zero-order valence-corrected chi connectivity index (χ0v) is 15.0. The topological polar surface area (TPSA) is 99.1 Å². The van der Waals surface area contributed by atoms with E-state index in [4.69, 9.17) is 5.26 Å². The van der Waals surface area contributed by atoms with Gasteiger partial charge in [0.2, 0.25) is 0 Å². The third-order valence-electron chi connectivity index (χ3n) is 3.87. The number of rotatable bonds is 5. The Hall–Kier alpha value is -3.37. The maximum Gasteiger partial charge on any atom is 0.290 e. The lowest BCUT2D eigenvalue weighted by Gasteiger charge is -2.06. The number of nitrogens with one attached hydrogen (secondary N) is 2. The maximum atomic E-state index is 12.2. The first kappa shape index (κ1) is 18.4. The van der Waals surface area contributed by atoms with Crippen LogP contribution < -0.4 is 10.6 Å². The number of thioether (sulfide) groups is 1. The van der Waals surface area contributed by atoms with Crippen molar-refractivity contribution < 1.29 is 14.4 Å². The molecule has 2 N–H and O–H groups in total. The number of carbonyl (C=O) groups is 3. The molecule has 1 heterocycles. The van der Waals surface area contributed by atoms with Crippen LogP contribution in [0.25, 0.3) is 6.08 Å². The summed E-state index contributed by atoms with van der Waals surface area (Å²) in [5.74, 6) is -0.610. The zero-order chi connectivity index (χ0) is 19.2. The molecule has 134 valence electrons. The quantitative estimate of drug-likeness (QED) is 0.781. The number of imide groups is 1. The molecular formula is C20H15N3O3S. The Morgan fingerprint density at radius 1 is 1.19 bits per heavy atom. The van der Waals surface area contributed by atoms with Crippen molar-refractivity contribution >= 4 is 34.9 Å². The molecule has 0 aliphatic carbocycles. The van der Waals surface area contributed by atoms with E-state index in [2.05, 4.69) is 16.7 Å². The molecule has 1 aliphatic rings. The lowest BCUT2D eigenvalue weighted by atomic mass is 10.1. The molecular weight excluding hydrogens is 362 g/mol. The van der Waals surface area contributed by atoms with Gasteiger partial charge < -0.3 is 5.32 Å². The normalized spacial score (nSPS) is 14.7. The standard InChI is InChI=1S/C20H15N3O3S/c21-12-15-3-1-2-13(10-15)8-9-22-18(24)16-6-4-14(5-7-16)11-17-19(25)23-20(26)27-17/h1-7,10-11H,8-9H2,(H,22,24)(H,23,25,26)/b17-11+. The van der Waals surface area contributed by atoms with Crippen LogP contribution in [0.4, 0.5) is 4.79 Å². The molecule has 0 atom stereocenters. The van der Waals surface area contributed by atoms with Gasteiger partial charge in [-0.1, -0.05) is 24.3 Å². The predicted molar refractivity (Wildman–Crippen MR) is 103 cm³/mol. The van der Waals surface area contributed by atoms with Crippen LogP contribution in [0.5, 0.6) is 0 Å². The van der Waals surface area contributed by atoms with Gasteiger partial charge >= 0.3 is 0 Å². The van der Waals surface area contributed by atoms with E-state index in [1.807, 2.05) is 12.1 Å². The summed E-state index contributed by atoms with van der Waals surface area (Å²) < 4.78 is 0. The zero-order valence-electron chi connectivity index (χ0n) is 14.2. The summed E-state index contributed by atoms with van der Waals surface area (Å²) >= 11 is 0.853. The molecule has 7 heteroatoms. The molecule has 0 bridgehead atoms. The molecule has 1 saturated heterocycles. The van der Waals surface area contributed by atoms with Gasteiger partial charge in [-0.25, -0.2) is 0 Å². The number of carbonyl (C=O) groups excluding carboxylic acids is 3. The van der Waals surface area contributed by atoms with Gasteiger partial charge in [0, 0.05) is 12.1 Å². The Bertz CT molecular complexity index is 975. The van der Waals surface area contributed by atoms with Crippen LogP contribution in [0.2, 0.25) is 0 Å². The minimum Gasteiger partial charge on any atom is -0.352 e. The Kier molecular flexibility index (Phi) is 5.69. The molecule has 0 spiro atoms. The second kappa shape index (κ2) is 8.34. The second-order valence-electron chi connectivity index (χ2n) is 5.79. The molecule has 2 aromatic rings. The Balaban J connectivity index is 1.56. The minimum atomic E-state index is -0.410. The van der Waals surface area contributed by atoms with Crippen LogP contribution in [0.15, 0.2) is 53.4 Å². The summed E-state index contributed by atoms with van der Waals surface area (Å²) in [6, 6.07) is 16.1. The molecule has 3 amide bonds. The first-order valence-corrected chi connectivity index (χ1v) is 8.99. The number of amides is 3. The lowest BCUT2D eigenvalue weighted by Crippen LogP contribution is -2.25. The molecule has 0 radical (unpaired) electrons. The molecule has 1 fully saturated rings. The van der Waals surface area contributed by atoms with Crippen LogP contribution in [0, 0.1) is 11.3 Å². The van der Waals surface area contributed by atoms with Crippen molar-refractivity contribution in [2.45, 2.75) is 6.42 Å². The van der Waals surface area contributed by atoms with E-state index in [1.54, 1.807) is 42.5 Å². The van der Waals surface area contributed by atoms with Gasteiger partial charge in [0.1, 0.15) is 0 Å². The van der Waals surface area contributed by atoms with E-state index >= 15 is 0 Å². The smallest absolute Gasteiger partial charge is 0.290 e. The van der Waals surface area contributed by atoms with Crippen molar-refractivity contribution in [2.75, 3.05) is 6.54 Å². The highest BCUT2D eigenvalue weighted by Crippen LogP contribution is 2.25. The molecule has 0 saturated carbocycles. The van der Waals surface area contributed by atoms with E-state index in [9.17, 15) is 14.4 Å². The lowest BCUT2D eigenvalue weighted by molar-refractivity contribution is -0.115. The SMILES string of the molecule is N#Cc1cccc(CCNC(=O)c2ccc(/C=C3/SC(=O)NC3=O)cc2)c1. The van der Waals surface area contributed by atoms with Gasteiger partial charge in [0.15, 0.2) is 0 Å². The average molecular weight is 377 g/mol. The van der Waals surface area contributed by atoms with Crippen molar-refractivity contribution in [3.8, 4) is 6.07 Å². The predicted octanol–water partition coefficient (Wildman–Crippen LogP) is 2.85. The fourth-order valence-corrected chi connectivity index (χ4v) is 3.20. The Labute approximate surface area is 160 Å². The van der Waals surface area contributed by atoms with Gasteiger partial charge in [-0.05, 0) is 59.7 Å². The van der Waals surface area contributed by atoms with E-state index in [-0.39, 0.29) is 11.1 Å². The van der Waals surface area contributed by atoms with Crippen LogP contribution in [-0.2, 0) is 11.2 Å². The molecule has 1 aliphatic heterocycles. The number of hydrogen-bond donors (Lipinski definition) is 2. The molecule has 0 aromatic heterocycles. The summed E-state index contributed by atoms with van der Waals surface area (Å²) in [6.07, 6.45) is 2.24. The van der Waals surface area contributed by atoms with Gasteiger partial charge in [0.25, 0.3) is 17.1 Å². The third-order valence-corrected chi connectivity index (χ3v) is 4.68. The Morgan fingerprint density at radius 2 is 1.96 bits per heavy atom. The highest BCUT2D eigenvalue weighted by Gasteiger charge is 2.24. The van der Waals surface area contributed by atoms with Gasteiger partial charge in [-0.15, -0.1) is 0 Å².